The third-order valence-corrected chi connectivity index (χ3v) is 1.56. The molecule has 0 aromatic heterocycles. The van der Waals surface area contributed by atoms with Gasteiger partial charge in [-0.2, -0.15) is 0 Å². The van der Waals surface area contributed by atoms with Crippen molar-refractivity contribution >= 4 is 11.9 Å². The normalized spacial score (nSPS) is 27.3. The molecule has 1 aliphatic heterocycles. The first-order valence-electron chi connectivity index (χ1n) is 3.61. The van der Waals surface area contributed by atoms with E-state index in [2.05, 4.69) is 0 Å². The molecule has 1 aliphatic rings. The van der Waals surface area contributed by atoms with Crippen LogP contribution in [0, 0.1) is 0 Å². The summed E-state index contributed by atoms with van der Waals surface area (Å²) in [5.74, 6) is -4.49. The predicted octanol–water partition coefficient (Wildman–Crippen LogP) is -8.99. The van der Waals surface area contributed by atoms with E-state index in [0.717, 1.165) is 0 Å². The Labute approximate surface area is 172 Å². The number of carboxylic acid groups (broad SMARTS) is 2. The second kappa shape index (κ2) is 7.54. The minimum absolute atomic E-state index is 0. The summed E-state index contributed by atoms with van der Waals surface area (Å²) >= 11 is 0. The molecule has 1 rings (SSSR count). The number of rotatable bonds is 2. The topological polar surface area (TPSA) is 98.7 Å². The van der Waals surface area contributed by atoms with Gasteiger partial charge in [-0.05, 0) is 13.8 Å². The van der Waals surface area contributed by atoms with Crippen LogP contribution in [0.3, 0.4) is 0 Å². The van der Waals surface area contributed by atoms with E-state index in [1.54, 1.807) is 0 Å². The molecule has 0 N–H and O–H groups in total. The Morgan fingerprint density at radius 3 is 1.47 bits per heavy atom. The van der Waals surface area contributed by atoms with Crippen LogP contribution in [0.1, 0.15) is 13.8 Å². The van der Waals surface area contributed by atoms with Crippen LogP contribution in [-0.2, 0) is 19.1 Å². The first-order chi connectivity index (χ1) is 5.83. The molecule has 2 unspecified atom stereocenters. The Bertz CT molecular complexity index is 230. The molecule has 0 radical (unpaired) electrons. The standard InChI is InChI=1S/C7H10O6.2K/c1-7(2)12-3(5(8)9)4(13-7)6(10)11;;/h3-4H,1-2H3,(H,8,9)(H,10,11);;/q;2*+1/p-2. The Kier molecular flexibility index (Phi) is 9.79. The van der Waals surface area contributed by atoms with Crippen LogP contribution in [0.4, 0.5) is 0 Å². The fourth-order valence-electron chi connectivity index (χ4n) is 1.11. The first-order valence-corrected chi connectivity index (χ1v) is 3.61. The van der Waals surface area contributed by atoms with Crippen molar-refractivity contribution in [3.8, 4) is 0 Å². The van der Waals surface area contributed by atoms with Gasteiger partial charge in [0.05, 0.1) is 11.9 Å². The van der Waals surface area contributed by atoms with Gasteiger partial charge in [0.15, 0.2) is 5.79 Å². The average Bonchev–Trinajstić information content (AvgIpc) is 2.26. The first kappa shape index (κ1) is 19.5. The van der Waals surface area contributed by atoms with Crippen molar-refractivity contribution < 1.29 is 132 Å². The van der Waals surface area contributed by atoms with Crippen LogP contribution < -0.4 is 113 Å². The van der Waals surface area contributed by atoms with Crippen molar-refractivity contribution in [2.75, 3.05) is 0 Å². The van der Waals surface area contributed by atoms with Gasteiger partial charge in [-0.15, -0.1) is 0 Å². The van der Waals surface area contributed by atoms with Crippen LogP contribution in [-0.4, -0.2) is 29.9 Å². The molecule has 0 amide bonds. The average molecular weight is 266 g/mol. The molecule has 0 spiro atoms. The van der Waals surface area contributed by atoms with E-state index in [0.29, 0.717) is 0 Å². The maximum atomic E-state index is 10.4. The summed E-state index contributed by atoms with van der Waals surface area (Å²) in [4.78, 5) is 20.8. The summed E-state index contributed by atoms with van der Waals surface area (Å²) in [5.41, 5.74) is 0. The summed E-state index contributed by atoms with van der Waals surface area (Å²) < 4.78 is 9.56. The molecule has 0 aliphatic carbocycles. The van der Waals surface area contributed by atoms with E-state index in [1.165, 1.54) is 13.8 Å². The molecule has 15 heavy (non-hydrogen) atoms. The predicted molar refractivity (Wildman–Crippen MR) is 33.8 cm³/mol. The van der Waals surface area contributed by atoms with E-state index in [4.69, 9.17) is 9.47 Å². The van der Waals surface area contributed by atoms with Crippen LogP contribution in [0.5, 0.6) is 0 Å². The molecule has 0 saturated carbocycles. The molecule has 0 bridgehead atoms. The number of carboxylic acids is 2. The van der Waals surface area contributed by atoms with Crippen molar-refractivity contribution in [1.82, 2.24) is 0 Å². The van der Waals surface area contributed by atoms with E-state index >= 15 is 0 Å². The maximum Gasteiger partial charge on any atom is 1.00 e. The molecular weight excluding hydrogens is 258 g/mol. The summed E-state index contributed by atoms with van der Waals surface area (Å²) in [6.45, 7) is 2.82. The number of aliphatic carboxylic acids is 2. The smallest absolute Gasteiger partial charge is 0.547 e. The van der Waals surface area contributed by atoms with Crippen molar-refractivity contribution in [2.24, 2.45) is 0 Å². The summed E-state index contributed by atoms with van der Waals surface area (Å²) in [7, 11) is 0. The molecule has 1 fully saturated rings. The van der Waals surface area contributed by atoms with Crippen molar-refractivity contribution in [2.45, 2.75) is 31.8 Å². The van der Waals surface area contributed by atoms with Crippen LogP contribution in [0.25, 0.3) is 0 Å². The van der Waals surface area contributed by atoms with Gasteiger partial charge in [0.1, 0.15) is 12.2 Å². The van der Waals surface area contributed by atoms with Gasteiger partial charge in [0.25, 0.3) is 0 Å². The van der Waals surface area contributed by atoms with Gasteiger partial charge in [-0.25, -0.2) is 0 Å². The largest absolute Gasteiger partial charge is 1.00 e. The van der Waals surface area contributed by atoms with Gasteiger partial charge in [0.2, 0.25) is 0 Å². The molecule has 6 nitrogen and oxygen atoms in total. The molecule has 0 aromatic carbocycles. The van der Waals surface area contributed by atoms with E-state index in [-0.39, 0.29) is 103 Å². The zero-order chi connectivity index (χ0) is 10.2. The second-order valence-electron chi connectivity index (χ2n) is 3.11. The fraction of sp³-hybridized carbons (Fsp3) is 0.714. The molecular formula is C7H8K2O6. The Morgan fingerprint density at radius 2 is 1.27 bits per heavy atom. The number of hydrogen-bond acceptors (Lipinski definition) is 6. The van der Waals surface area contributed by atoms with Gasteiger partial charge in [-0.1, -0.05) is 0 Å². The molecule has 1 heterocycles. The van der Waals surface area contributed by atoms with Gasteiger partial charge >= 0.3 is 103 Å². The third kappa shape index (κ3) is 5.53. The molecule has 1 saturated heterocycles. The van der Waals surface area contributed by atoms with E-state index < -0.39 is 29.9 Å². The Morgan fingerprint density at radius 1 is 1.00 bits per heavy atom. The van der Waals surface area contributed by atoms with E-state index in [1.807, 2.05) is 0 Å². The number of carbonyl (C=O) groups is 2. The van der Waals surface area contributed by atoms with Crippen molar-refractivity contribution in [3.63, 3.8) is 0 Å². The fourth-order valence-corrected chi connectivity index (χ4v) is 1.11. The Balaban J connectivity index is 0. The van der Waals surface area contributed by atoms with Gasteiger partial charge in [-0.3, -0.25) is 0 Å². The number of ether oxygens (including phenoxy) is 2. The van der Waals surface area contributed by atoms with Gasteiger partial charge < -0.3 is 29.3 Å². The quantitative estimate of drug-likeness (QED) is 0.460. The van der Waals surface area contributed by atoms with Crippen molar-refractivity contribution in [1.29, 1.82) is 0 Å². The minimum atomic E-state index is -1.63. The molecule has 0 aromatic rings. The Hall–Kier alpha value is 2.13. The minimum Gasteiger partial charge on any atom is -0.547 e. The van der Waals surface area contributed by atoms with Gasteiger partial charge in [0, 0.05) is 0 Å². The molecule has 2 atom stereocenters. The van der Waals surface area contributed by atoms with E-state index in [9.17, 15) is 19.8 Å². The monoisotopic (exact) mass is 266 g/mol. The SMILES string of the molecule is CC1(C)OC(C(=O)[O-])C(C(=O)[O-])O1.[K+].[K+]. The van der Waals surface area contributed by atoms with Crippen LogP contribution >= 0.6 is 0 Å². The molecule has 8 heteroatoms. The third-order valence-electron chi connectivity index (χ3n) is 1.56. The van der Waals surface area contributed by atoms with Crippen LogP contribution in [0.2, 0.25) is 0 Å². The van der Waals surface area contributed by atoms with Crippen molar-refractivity contribution in [3.05, 3.63) is 0 Å². The second-order valence-corrected chi connectivity index (χ2v) is 3.11. The number of hydrogen-bond donors (Lipinski definition) is 0. The summed E-state index contributed by atoms with van der Waals surface area (Å²) in [6, 6.07) is 0. The van der Waals surface area contributed by atoms with Crippen LogP contribution in [0.15, 0.2) is 0 Å². The molecule has 74 valence electrons. The summed E-state index contributed by atoms with van der Waals surface area (Å²) in [6.07, 6.45) is -3.22. The number of carbonyl (C=O) groups excluding carboxylic acids is 2. The zero-order valence-electron chi connectivity index (χ0n) is 9.10. The maximum absolute atomic E-state index is 10.4. The summed E-state index contributed by atoms with van der Waals surface area (Å²) in [5, 5.41) is 20.8. The zero-order valence-corrected chi connectivity index (χ0v) is 15.4.